The molecule has 1 aromatic rings. The molecule has 138 valence electrons. The van der Waals surface area contributed by atoms with E-state index in [1.165, 1.54) is 18.6 Å². The lowest BCUT2D eigenvalue weighted by Gasteiger charge is -2.21. The molecule has 25 heavy (non-hydrogen) atoms. The van der Waals surface area contributed by atoms with Crippen molar-refractivity contribution in [3.05, 3.63) is 29.8 Å². The SMILES string of the molecule is C[C@H](NC(=O)CNC(=O)C1CCCCC1)c1ccc(S(N)(=O)=O)cc1. The molecule has 0 unspecified atom stereocenters. The van der Waals surface area contributed by atoms with Gasteiger partial charge in [0.25, 0.3) is 0 Å². The first kappa shape index (κ1) is 19.4. The second kappa shape index (κ2) is 8.44. The van der Waals surface area contributed by atoms with Crippen LogP contribution in [-0.2, 0) is 19.6 Å². The van der Waals surface area contributed by atoms with Crippen LogP contribution in [0.4, 0.5) is 0 Å². The largest absolute Gasteiger partial charge is 0.348 e. The zero-order chi connectivity index (χ0) is 18.4. The van der Waals surface area contributed by atoms with E-state index in [4.69, 9.17) is 5.14 Å². The summed E-state index contributed by atoms with van der Waals surface area (Å²) in [6.07, 6.45) is 5.08. The Bertz CT molecular complexity index is 710. The van der Waals surface area contributed by atoms with Crippen molar-refractivity contribution in [1.29, 1.82) is 0 Å². The molecule has 0 aliphatic heterocycles. The van der Waals surface area contributed by atoms with Gasteiger partial charge in [0, 0.05) is 5.92 Å². The maximum atomic E-state index is 12.0. The molecule has 0 radical (unpaired) electrons. The number of nitrogens with one attached hydrogen (secondary N) is 2. The number of hydrogen-bond acceptors (Lipinski definition) is 4. The maximum Gasteiger partial charge on any atom is 0.239 e. The highest BCUT2D eigenvalue weighted by Crippen LogP contribution is 2.23. The third-order valence-electron chi connectivity index (χ3n) is 4.49. The summed E-state index contributed by atoms with van der Waals surface area (Å²) >= 11 is 0. The monoisotopic (exact) mass is 367 g/mol. The summed E-state index contributed by atoms with van der Waals surface area (Å²) in [7, 11) is -3.73. The number of sulfonamides is 1. The van der Waals surface area contributed by atoms with Gasteiger partial charge in [-0.25, -0.2) is 13.6 Å². The highest BCUT2D eigenvalue weighted by Gasteiger charge is 2.21. The molecule has 1 saturated carbocycles. The van der Waals surface area contributed by atoms with Crippen LogP contribution in [0.5, 0.6) is 0 Å². The lowest BCUT2D eigenvalue weighted by Crippen LogP contribution is -2.40. The van der Waals surface area contributed by atoms with Crippen molar-refractivity contribution in [2.75, 3.05) is 6.54 Å². The summed E-state index contributed by atoms with van der Waals surface area (Å²) in [5, 5.41) is 10.5. The molecule has 1 aromatic carbocycles. The molecule has 8 heteroatoms. The molecule has 1 aliphatic carbocycles. The average Bonchev–Trinajstić information content (AvgIpc) is 2.59. The summed E-state index contributed by atoms with van der Waals surface area (Å²) in [5.41, 5.74) is 0.749. The zero-order valence-corrected chi connectivity index (χ0v) is 15.1. The Balaban J connectivity index is 1.82. The van der Waals surface area contributed by atoms with Crippen LogP contribution in [0.15, 0.2) is 29.2 Å². The Morgan fingerprint density at radius 2 is 1.76 bits per heavy atom. The smallest absolute Gasteiger partial charge is 0.239 e. The molecule has 0 heterocycles. The van der Waals surface area contributed by atoms with Crippen LogP contribution in [0.2, 0.25) is 0 Å². The van der Waals surface area contributed by atoms with E-state index < -0.39 is 10.0 Å². The Morgan fingerprint density at radius 1 is 1.16 bits per heavy atom. The van der Waals surface area contributed by atoms with Gasteiger partial charge in [-0.1, -0.05) is 31.4 Å². The molecule has 2 amide bonds. The Labute approximate surface area is 148 Å². The van der Waals surface area contributed by atoms with Gasteiger partial charge in [0.15, 0.2) is 0 Å². The van der Waals surface area contributed by atoms with Gasteiger partial charge < -0.3 is 10.6 Å². The van der Waals surface area contributed by atoms with Gasteiger partial charge in [0.1, 0.15) is 0 Å². The second-order valence-electron chi connectivity index (χ2n) is 6.46. The number of benzene rings is 1. The van der Waals surface area contributed by atoms with Crippen LogP contribution < -0.4 is 15.8 Å². The average molecular weight is 367 g/mol. The Kier molecular flexibility index (Phi) is 6.55. The summed E-state index contributed by atoms with van der Waals surface area (Å²) in [6, 6.07) is 5.70. The van der Waals surface area contributed by atoms with Crippen LogP contribution in [0.3, 0.4) is 0 Å². The van der Waals surface area contributed by atoms with Crippen LogP contribution >= 0.6 is 0 Å². The van der Waals surface area contributed by atoms with Crippen molar-refractivity contribution in [3.63, 3.8) is 0 Å². The number of primary sulfonamides is 1. The van der Waals surface area contributed by atoms with E-state index in [1.807, 2.05) is 0 Å². The minimum absolute atomic E-state index is 0.0183. The molecule has 1 aliphatic rings. The first-order valence-electron chi connectivity index (χ1n) is 8.47. The van der Waals surface area contributed by atoms with Crippen LogP contribution in [0, 0.1) is 5.92 Å². The van der Waals surface area contributed by atoms with Crippen molar-refractivity contribution >= 4 is 21.8 Å². The molecule has 0 bridgehead atoms. The normalized spacial score (nSPS) is 16.9. The highest BCUT2D eigenvalue weighted by molar-refractivity contribution is 7.89. The van der Waals surface area contributed by atoms with Crippen molar-refractivity contribution in [2.45, 2.75) is 50.0 Å². The first-order chi connectivity index (χ1) is 11.8. The lowest BCUT2D eigenvalue weighted by atomic mass is 9.89. The molecule has 0 saturated heterocycles. The summed E-state index contributed by atoms with van der Waals surface area (Å²) in [5.74, 6) is -0.322. The third kappa shape index (κ3) is 5.82. The van der Waals surface area contributed by atoms with E-state index >= 15 is 0 Å². The van der Waals surface area contributed by atoms with Gasteiger partial charge in [-0.3, -0.25) is 9.59 Å². The van der Waals surface area contributed by atoms with E-state index in [0.717, 1.165) is 31.2 Å². The summed E-state index contributed by atoms with van der Waals surface area (Å²) in [4.78, 5) is 24.1. The van der Waals surface area contributed by atoms with Gasteiger partial charge in [-0.15, -0.1) is 0 Å². The van der Waals surface area contributed by atoms with Gasteiger partial charge >= 0.3 is 0 Å². The van der Waals surface area contributed by atoms with E-state index in [2.05, 4.69) is 10.6 Å². The maximum absolute atomic E-state index is 12.0. The number of carbonyl (C=O) groups excluding carboxylic acids is 2. The van der Waals surface area contributed by atoms with Gasteiger partial charge in [0.2, 0.25) is 21.8 Å². The van der Waals surface area contributed by atoms with Gasteiger partial charge in [0.05, 0.1) is 17.5 Å². The molecule has 0 spiro atoms. The first-order valence-corrected chi connectivity index (χ1v) is 10.0. The Hall–Kier alpha value is -1.93. The predicted octanol–water partition coefficient (Wildman–Crippen LogP) is 1.21. The molecule has 0 aromatic heterocycles. The quantitative estimate of drug-likeness (QED) is 0.700. The van der Waals surface area contributed by atoms with E-state index in [0.29, 0.717) is 0 Å². The van der Waals surface area contributed by atoms with Gasteiger partial charge in [-0.2, -0.15) is 0 Å². The molecule has 4 N–H and O–H groups in total. The summed E-state index contributed by atoms with van der Waals surface area (Å²) in [6.45, 7) is 1.72. The predicted molar refractivity (Wildman–Crippen MR) is 94.0 cm³/mol. The standard InChI is InChI=1S/C17H25N3O4S/c1-12(13-7-9-15(10-8-13)25(18,23)24)20-16(21)11-19-17(22)14-5-3-2-4-6-14/h7-10,12,14H,2-6,11H2,1H3,(H,19,22)(H,20,21)(H2,18,23,24)/t12-/m0/s1. The lowest BCUT2D eigenvalue weighted by molar-refractivity contribution is -0.129. The fraction of sp³-hybridized carbons (Fsp3) is 0.529. The minimum Gasteiger partial charge on any atom is -0.348 e. The Morgan fingerprint density at radius 3 is 2.32 bits per heavy atom. The molecule has 1 atom stereocenters. The van der Waals surface area contributed by atoms with Crippen molar-refractivity contribution in [2.24, 2.45) is 11.1 Å². The fourth-order valence-electron chi connectivity index (χ4n) is 3.00. The summed E-state index contributed by atoms with van der Waals surface area (Å²) < 4.78 is 22.5. The van der Waals surface area contributed by atoms with Crippen molar-refractivity contribution in [1.82, 2.24) is 10.6 Å². The topological polar surface area (TPSA) is 118 Å². The number of amides is 2. The minimum atomic E-state index is -3.73. The van der Waals surface area contributed by atoms with E-state index in [1.54, 1.807) is 19.1 Å². The van der Waals surface area contributed by atoms with Crippen LogP contribution in [-0.4, -0.2) is 26.8 Å². The molecule has 7 nitrogen and oxygen atoms in total. The van der Waals surface area contributed by atoms with Crippen molar-refractivity contribution in [3.8, 4) is 0 Å². The number of rotatable bonds is 6. The van der Waals surface area contributed by atoms with Crippen LogP contribution in [0.25, 0.3) is 0 Å². The number of nitrogens with two attached hydrogens (primary N) is 1. The molecule has 1 fully saturated rings. The highest BCUT2D eigenvalue weighted by atomic mass is 32.2. The number of carbonyl (C=O) groups is 2. The van der Waals surface area contributed by atoms with E-state index in [9.17, 15) is 18.0 Å². The second-order valence-corrected chi connectivity index (χ2v) is 8.02. The fourth-order valence-corrected chi connectivity index (χ4v) is 3.51. The number of hydrogen-bond donors (Lipinski definition) is 3. The molecular weight excluding hydrogens is 342 g/mol. The molecule has 2 rings (SSSR count). The van der Waals surface area contributed by atoms with Crippen LogP contribution in [0.1, 0.15) is 50.6 Å². The van der Waals surface area contributed by atoms with Crippen molar-refractivity contribution < 1.29 is 18.0 Å². The molecular formula is C17H25N3O4S. The zero-order valence-electron chi connectivity index (χ0n) is 14.3. The van der Waals surface area contributed by atoms with E-state index in [-0.39, 0.29) is 35.2 Å². The third-order valence-corrected chi connectivity index (χ3v) is 5.41. The van der Waals surface area contributed by atoms with Gasteiger partial charge in [-0.05, 0) is 37.5 Å².